The quantitative estimate of drug-likeness (QED) is 0.325. The third-order valence-corrected chi connectivity index (χ3v) is 8.64. The number of nitrogens with one attached hydrogen (secondary N) is 2. The van der Waals surface area contributed by atoms with Gasteiger partial charge in [-0.15, -0.1) is 20.4 Å². The Balaban J connectivity index is 0.000000238. The van der Waals surface area contributed by atoms with Crippen LogP contribution in [0.2, 0.25) is 5.28 Å². The molecule has 0 radical (unpaired) electrons. The molecule has 47 heavy (non-hydrogen) atoms. The highest BCUT2D eigenvalue weighted by molar-refractivity contribution is 6.28. The lowest BCUT2D eigenvalue weighted by Crippen LogP contribution is -2.43. The summed E-state index contributed by atoms with van der Waals surface area (Å²) in [7, 11) is 4.57. The maximum Gasteiger partial charge on any atom is 0.387 e. The first-order valence-corrected chi connectivity index (χ1v) is 16.1. The number of rotatable bonds is 10. The van der Waals surface area contributed by atoms with E-state index in [0.29, 0.717) is 5.56 Å². The highest BCUT2D eigenvalue weighted by Crippen LogP contribution is 2.32. The van der Waals surface area contributed by atoms with Crippen LogP contribution in [0.5, 0.6) is 11.5 Å². The number of likely N-dealkylation sites (N-methyl/N-ethyl adjacent to an activating group) is 2. The van der Waals surface area contributed by atoms with Crippen LogP contribution in [0.15, 0.2) is 27.8 Å². The van der Waals surface area contributed by atoms with Gasteiger partial charge in [-0.25, -0.2) is 0 Å². The summed E-state index contributed by atoms with van der Waals surface area (Å²) in [5, 5.41) is 22.3. The van der Waals surface area contributed by atoms with Crippen LogP contribution >= 0.6 is 11.6 Å². The van der Waals surface area contributed by atoms with Gasteiger partial charge in [0.1, 0.15) is 11.5 Å². The van der Waals surface area contributed by atoms with Crippen molar-refractivity contribution in [1.82, 2.24) is 39.3 Å². The number of halogens is 3. The van der Waals surface area contributed by atoms with E-state index in [9.17, 15) is 18.4 Å². The van der Waals surface area contributed by atoms with Gasteiger partial charge in [0.25, 0.3) is 11.1 Å². The second-order valence-electron chi connectivity index (χ2n) is 11.4. The Morgan fingerprint density at radius 2 is 1.45 bits per heavy atom. The molecule has 3 aromatic rings. The molecule has 2 saturated heterocycles. The Bertz CT molecular complexity index is 1610. The minimum atomic E-state index is -2.94. The number of hydrogen-bond donors (Lipinski definition) is 2. The summed E-state index contributed by atoms with van der Waals surface area (Å²) < 4.78 is 37.2. The van der Waals surface area contributed by atoms with Gasteiger partial charge in [0.05, 0.1) is 12.7 Å². The van der Waals surface area contributed by atoms with Gasteiger partial charge in [-0.3, -0.25) is 18.7 Å². The zero-order valence-corrected chi connectivity index (χ0v) is 28.1. The second-order valence-corrected chi connectivity index (χ2v) is 11.8. The monoisotopic (exact) mass is 680 g/mol. The Labute approximate surface area is 277 Å². The van der Waals surface area contributed by atoms with Gasteiger partial charge in [0.2, 0.25) is 16.9 Å². The van der Waals surface area contributed by atoms with Crippen molar-refractivity contribution in [3.05, 3.63) is 44.2 Å². The van der Waals surface area contributed by atoms with E-state index in [4.69, 9.17) is 16.3 Å². The molecule has 2 atom stereocenters. The summed E-state index contributed by atoms with van der Waals surface area (Å²) in [5.41, 5.74) is -0.107. The van der Waals surface area contributed by atoms with Crippen LogP contribution in [0, 0.1) is 0 Å². The van der Waals surface area contributed by atoms with Crippen LogP contribution in [0.4, 0.5) is 20.4 Å². The van der Waals surface area contributed by atoms with Crippen LogP contribution in [-0.2, 0) is 14.1 Å². The summed E-state index contributed by atoms with van der Waals surface area (Å²) in [6.07, 6.45) is 4.20. The summed E-state index contributed by atoms with van der Waals surface area (Å²) >= 11 is 5.73. The summed E-state index contributed by atoms with van der Waals surface area (Å²) in [4.78, 5) is 29.4. The van der Waals surface area contributed by atoms with E-state index >= 15 is 0 Å². The van der Waals surface area contributed by atoms with E-state index in [0.717, 1.165) is 65.0 Å². The van der Waals surface area contributed by atoms with E-state index in [-0.39, 0.29) is 57.4 Å². The number of alkyl halides is 2. The SMILES string of the molecule is CCN1CCC[C@@H](Nc2nnc(-c3ccc(OC(F)F)cc3OC)n(C)c2=O)C1.CCN1CCC[C@@H](Nc2nnc(Cl)n(C)c2=O)C1. The van der Waals surface area contributed by atoms with Crippen molar-refractivity contribution < 1.29 is 18.3 Å². The molecule has 0 bridgehead atoms. The molecule has 17 heteroatoms. The van der Waals surface area contributed by atoms with Crippen LogP contribution < -0.4 is 31.2 Å². The number of benzene rings is 1. The predicted octanol–water partition coefficient (Wildman–Crippen LogP) is 3.07. The summed E-state index contributed by atoms with van der Waals surface area (Å²) in [5.74, 6) is 0.939. The fraction of sp³-hybridized carbons (Fsp3) is 0.600. The Hall–Kier alpha value is -3.89. The average Bonchev–Trinajstić information content (AvgIpc) is 3.07. The minimum Gasteiger partial charge on any atom is -0.496 e. The molecule has 2 N–H and O–H groups in total. The van der Waals surface area contributed by atoms with Crippen molar-refractivity contribution in [2.75, 3.05) is 57.0 Å². The van der Waals surface area contributed by atoms with Gasteiger partial charge in [-0.05, 0) is 75.6 Å². The maximum absolute atomic E-state index is 12.8. The first kappa shape index (κ1) is 36.0. The summed E-state index contributed by atoms with van der Waals surface area (Å²) in [6.45, 7) is 7.27. The zero-order valence-electron chi connectivity index (χ0n) is 27.4. The van der Waals surface area contributed by atoms with Crippen molar-refractivity contribution in [3.63, 3.8) is 0 Å². The van der Waals surface area contributed by atoms with E-state index in [1.807, 2.05) is 0 Å². The van der Waals surface area contributed by atoms with Crippen LogP contribution in [0.25, 0.3) is 11.4 Å². The molecule has 0 aliphatic carbocycles. The van der Waals surface area contributed by atoms with Gasteiger partial charge in [-0.2, -0.15) is 8.78 Å². The van der Waals surface area contributed by atoms with Gasteiger partial charge in [0, 0.05) is 45.3 Å². The lowest BCUT2D eigenvalue weighted by Gasteiger charge is -2.32. The number of piperidine rings is 2. The molecule has 4 heterocycles. The van der Waals surface area contributed by atoms with Gasteiger partial charge >= 0.3 is 6.61 Å². The molecule has 0 amide bonds. The molecular weight excluding hydrogens is 638 g/mol. The normalized spacial score (nSPS) is 18.7. The van der Waals surface area contributed by atoms with Gasteiger partial charge < -0.3 is 29.9 Å². The molecule has 0 saturated carbocycles. The highest BCUT2D eigenvalue weighted by atomic mass is 35.5. The molecule has 258 valence electrons. The second kappa shape index (κ2) is 16.8. The number of ether oxygens (including phenoxy) is 2. The molecule has 2 aromatic heterocycles. The number of anilines is 2. The van der Waals surface area contributed by atoms with E-state index in [1.54, 1.807) is 14.1 Å². The Morgan fingerprint density at radius 3 is 1.98 bits per heavy atom. The first-order chi connectivity index (χ1) is 22.5. The third kappa shape index (κ3) is 9.35. The number of methoxy groups -OCH3 is 1. The Kier molecular flexibility index (Phi) is 12.8. The molecule has 14 nitrogen and oxygen atoms in total. The van der Waals surface area contributed by atoms with Crippen molar-refractivity contribution in [2.24, 2.45) is 14.1 Å². The topological polar surface area (TPSA) is 145 Å². The fourth-order valence-corrected chi connectivity index (χ4v) is 5.78. The standard InChI is InChI=1S/C19H25F2N5O3.C11H18ClN5O/c1-4-26-9-5-6-12(11-26)22-16-18(27)25(2)17(24-23-16)14-8-7-13(29-19(20)21)10-15(14)28-3;1-3-17-6-4-5-8(7-17)13-9-10(18)16(2)11(12)15-14-9/h7-8,10,12,19H,4-6,9,11H2,1-3H3,(H,22,23);8H,3-7H2,1-2H3,(H,13,14)/t12-;8-/m11/s1. The van der Waals surface area contributed by atoms with E-state index in [1.165, 1.54) is 34.4 Å². The molecule has 2 fully saturated rings. The zero-order chi connectivity index (χ0) is 34.1. The molecule has 1 aromatic carbocycles. The summed E-state index contributed by atoms with van der Waals surface area (Å²) in [6, 6.07) is 4.58. The van der Waals surface area contributed by atoms with E-state index in [2.05, 4.69) is 59.4 Å². The molecule has 0 unspecified atom stereocenters. The van der Waals surface area contributed by atoms with Crippen LogP contribution in [0.1, 0.15) is 39.5 Å². The van der Waals surface area contributed by atoms with Gasteiger partial charge in [0.15, 0.2) is 5.82 Å². The van der Waals surface area contributed by atoms with Crippen molar-refractivity contribution in [1.29, 1.82) is 0 Å². The third-order valence-electron chi connectivity index (χ3n) is 8.31. The minimum absolute atomic E-state index is 0.0466. The number of nitrogens with zero attached hydrogens (tertiary/aromatic N) is 8. The van der Waals surface area contributed by atoms with E-state index < -0.39 is 6.61 Å². The molecular formula is C30H43ClF2N10O4. The molecule has 5 rings (SSSR count). The van der Waals surface area contributed by atoms with Gasteiger partial charge in [-0.1, -0.05) is 13.8 Å². The smallest absolute Gasteiger partial charge is 0.387 e. The average molecular weight is 681 g/mol. The number of aromatic nitrogens is 6. The molecule has 2 aliphatic heterocycles. The van der Waals surface area contributed by atoms with Crippen molar-refractivity contribution in [3.8, 4) is 22.9 Å². The number of hydrogen-bond acceptors (Lipinski definition) is 12. The molecule has 0 spiro atoms. The van der Waals surface area contributed by atoms with Crippen LogP contribution in [-0.4, -0.2) is 104 Å². The Morgan fingerprint density at radius 1 is 0.894 bits per heavy atom. The first-order valence-electron chi connectivity index (χ1n) is 15.7. The predicted molar refractivity (Wildman–Crippen MR) is 176 cm³/mol. The lowest BCUT2D eigenvalue weighted by atomic mass is 10.1. The van der Waals surface area contributed by atoms with Crippen LogP contribution in [0.3, 0.4) is 0 Å². The largest absolute Gasteiger partial charge is 0.496 e. The fourth-order valence-electron chi connectivity index (χ4n) is 5.66. The number of likely N-dealkylation sites (tertiary alicyclic amines) is 2. The maximum atomic E-state index is 12.8. The van der Waals surface area contributed by atoms with Crippen molar-refractivity contribution >= 4 is 23.2 Å². The van der Waals surface area contributed by atoms with Crippen molar-refractivity contribution in [2.45, 2.75) is 58.2 Å². The highest BCUT2D eigenvalue weighted by Gasteiger charge is 2.23. The lowest BCUT2D eigenvalue weighted by molar-refractivity contribution is -0.0499. The molecule has 2 aliphatic rings.